The van der Waals surface area contributed by atoms with Crippen LogP contribution in [0.2, 0.25) is 0 Å². The summed E-state index contributed by atoms with van der Waals surface area (Å²) >= 11 is 0. The smallest absolute Gasteiger partial charge is 0.0512 e. The first-order chi connectivity index (χ1) is 7.29. The van der Waals surface area contributed by atoms with Crippen molar-refractivity contribution in [1.82, 2.24) is 0 Å². The Morgan fingerprint density at radius 2 is 1.80 bits per heavy atom. The second-order valence-corrected chi connectivity index (χ2v) is 4.76. The lowest BCUT2D eigenvalue weighted by Crippen LogP contribution is -2.37. The largest absolute Gasteiger partial charge is 0.396 e. The predicted molar refractivity (Wildman–Crippen MR) is 59.7 cm³/mol. The Kier molecular flexibility index (Phi) is 5.58. The van der Waals surface area contributed by atoms with E-state index < -0.39 is 0 Å². The van der Waals surface area contributed by atoms with Crippen LogP contribution in [-0.2, 0) is 4.74 Å². The van der Waals surface area contributed by atoms with Crippen LogP contribution in [0.15, 0.2) is 0 Å². The molecular formula is C12H24O3. The average molecular weight is 216 g/mol. The molecule has 0 radical (unpaired) electrons. The summed E-state index contributed by atoms with van der Waals surface area (Å²) in [4.78, 5) is 0. The van der Waals surface area contributed by atoms with Crippen LogP contribution in [0.1, 0.15) is 38.5 Å². The summed E-state index contributed by atoms with van der Waals surface area (Å²) in [6, 6.07) is 0. The van der Waals surface area contributed by atoms with Gasteiger partial charge in [0.05, 0.1) is 13.2 Å². The van der Waals surface area contributed by atoms with Crippen LogP contribution in [-0.4, -0.2) is 37.1 Å². The zero-order valence-electron chi connectivity index (χ0n) is 9.74. The van der Waals surface area contributed by atoms with Crippen molar-refractivity contribution in [2.24, 2.45) is 11.3 Å². The normalized spacial score (nSPS) is 18.6. The number of aliphatic hydroxyl groups is 2. The molecule has 0 aromatic rings. The van der Waals surface area contributed by atoms with Crippen LogP contribution in [0, 0.1) is 11.3 Å². The quantitative estimate of drug-likeness (QED) is 0.635. The van der Waals surface area contributed by atoms with Crippen LogP contribution >= 0.6 is 0 Å². The fourth-order valence-corrected chi connectivity index (χ4v) is 2.78. The summed E-state index contributed by atoms with van der Waals surface area (Å²) in [5.41, 5.74) is -0.255. The molecule has 0 heterocycles. The highest BCUT2D eigenvalue weighted by Crippen LogP contribution is 2.42. The maximum Gasteiger partial charge on any atom is 0.0512 e. The van der Waals surface area contributed by atoms with Crippen molar-refractivity contribution >= 4 is 0 Å². The van der Waals surface area contributed by atoms with E-state index in [9.17, 15) is 10.2 Å². The van der Waals surface area contributed by atoms with Crippen molar-refractivity contribution in [3.8, 4) is 0 Å². The molecule has 2 N–H and O–H groups in total. The van der Waals surface area contributed by atoms with Gasteiger partial charge in [0.15, 0.2) is 0 Å². The van der Waals surface area contributed by atoms with Crippen molar-refractivity contribution in [2.75, 3.05) is 26.9 Å². The zero-order chi connectivity index (χ0) is 11.1. The molecule has 15 heavy (non-hydrogen) atoms. The van der Waals surface area contributed by atoms with Gasteiger partial charge in [-0.1, -0.05) is 12.8 Å². The highest BCUT2D eigenvalue weighted by atomic mass is 16.5. The van der Waals surface area contributed by atoms with E-state index in [1.807, 2.05) is 0 Å². The van der Waals surface area contributed by atoms with Crippen LogP contribution in [0.25, 0.3) is 0 Å². The van der Waals surface area contributed by atoms with E-state index in [2.05, 4.69) is 0 Å². The molecule has 0 aliphatic heterocycles. The Balaban J connectivity index is 2.50. The van der Waals surface area contributed by atoms with Crippen LogP contribution < -0.4 is 0 Å². The van der Waals surface area contributed by atoms with Crippen molar-refractivity contribution in [2.45, 2.75) is 38.5 Å². The van der Waals surface area contributed by atoms with Crippen LogP contribution in [0.5, 0.6) is 0 Å². The van der Waals surface area contributed by atoms with Gasteiger partial charge in [-0.3, -0.25) is 0 Å². The van der Waals surface area contributed by atoms with E-state index in [0.717, 1.165) is 25.7 Å². The SMILES string of the molecule is COCCCC(CO)(CO)C1CCCC1. The Hall–Kier alpha value is -0.120. The minimum atomic E-state index is -0.255. The third-order valence-corrected chi connectivity index (χ3v) is 3.87. The van der Waals surface area contributed by atoms with Crippen molar-refractivity contribution in [1.29, 1.82) is 0 Å². The molecule has 0 spiro atoms. The summed E-state index contributed by atoms with van der Waals surface area (Å²) in [5, 5.41) is 19.1. The van der Waals surface area contributed by atoms with E-state index in [-0.39, 0.29) is 18.6 Å². The first-order valence-corrected chi connectivity index (χ1v) is 6.00. The number of methoxy groups -OCH3 is 1. The fraction of sp³-hybridized carbons (Fsp3) is 1.00. The van der Waals surface area contributed by atoms with E-state index in [1.54, 1.807) is 7.11 Å². The maximum atomic E-state index is 9.54. The van der Waals surface area contributed by atoms with E-state index >= 15 is 0 Å². The molecule has 0 aromatic carbocycles. The van der Waals surface area contributed by atoms with Gasteiger partial charge >= 0.3 is 0 Å². The van der Waals surface area contributed by atoms with E-state index in [0.29, 0.717) is 12.5 Å². The van der Waals surface area contributed by atoms with Gasteiger partial charge in [-0.05, 0) is 31.6 Å². The maximum absolute atomic E-state index is 9.54. The third-order valence-electron chi connectivity index (χ3n) is 3.87. The second kappa shape index (κ2) is 6.46. The van der Waals surface area contributed by atoms with E-state index in [4.69, 9.17) is 4.74 Å². The van der Waals surface area contributed by atoms with Gasteiger partial charge in [0.1, 0.15) is 0 Å². The number of rotatable bonds is 7. The first-order valence-electron chi connectivity index (χ1n) is 6.00. The lowest BCUT2D eigenvalue weighted by molar-refractivity contribution is -0.00738. The molecular weight excluding hydrogens is 192 g/mol. The van der Waals surface area contributed by atoms with Gasteiger partial charge in [-0.15, -0.1) is 0 Å². The molecule has 0 saturated heterocycles. The number of aliphatic hydroxyl groups excluding tert-OH is 2. The highest BCUT2D eigenvalue weighted by Gasteiger charge is 2.38. The Labute approximate surface area is 92.4 Å². The molecule has 1 aliphatic carbocycles. The summed E-state index contributed by atoms with van der Waals surface area (Å²) < 4.78 is 5.03. The Morgan fingerprint density at radius 1 is 1.20 bits per heavy atom. The highest BCUT2D eigenvalue weighted by molar-refractivity contribution is 4.88. The standard InChI is InChI=1S/C12H24O3/c1-15-8-4-7-12(9-13,10-14)11-5-2-3-6-11/h11,13-14H,2-10H2,1H3. The summed E-state index contributed by atoms with van der Waals surface area (Å²) in [6.07, 6.45) is 6.61. The fourth-order valence-electron chi connectivity index (χ4n) is 2.78. The van der Waals surface area contributed by atoms with E-state index in [1.165, 1.54) is 12.8 Å². The van der Waals surface area contributed by atoms with Crippen molar-refractivity contribution in [3.63, 3.8) is 0 Å². The van der Waals surface area contributed by atoms with Gasteiger partial charge in [0.2, 0.25) is 0 Å². The molecule has 0 bridgehead atoms. The molecule has 1 aliphatic rings. The molecule has 0 unspecified atom stereocenters. The molecule has 1 saturated carbocycles. The lowest BCUT2D eigenvalue weighted by Gasteiger charge is -2.36. The van der Waals surface area contributed by atoms with Gasteiger partial charge in [-0.2, -0.15) is 0 Å². The average Bonchev–Trinajstić information content (AvgIpc) is 2.79. The summed E-state index contributed by atoms with van der Waals surface area (Å²) in [5.74, 6) is 0.504. The summed E-state index contributed by atoms with van der Waals surface area (Å²) in [6.45, 7) is 0.935. The molecule has 0 atom stereocenters. The minimum Gasteiger partial charge on any atom is -0.396 e. The Bertz CT molecular complexity index is 160. The number of hydrogen-bond donors (Lipinski definition) is 2. The minimum absolute atomic E-state index is 0.109. The number of hydrogen-bond acceptors (Lipinski definition) is 3. The molecule has 1 fully saturated rings. The van der Waals surface area contributed by atoms with Crippen molar-refractivity contribution < 1.29 is 14.9 Å². The van der Waals surface area contributed by atoms with Gasteiger partial charge in [0.25, 0.3) is 0 Å². The molecule has 3 nitrogen and oxygen atoms in total. The molecule has 3 heteroatoms. The molecule has 0 aromatic heterocycles. The van der Waals surface area contributed by atoms with Crippen LogP contribution in [0.4, 0.5) is 0 Å². The van der Waals surface area contributed by atoms with Gasteiger partial charge < -0.3 is 14.9 Å². The Morgan fingerprint density at radius 3 is 2.27 bits per heavy atom. The monoisotopic (exact) mass is 216 g/mol. The number of ether oxygens (including phenoxy) is 1. The third kappa shape index (κ3) is 3.16. The zero-order valence-corrected chi connectivity index (χ0v) is 9.74. The lowest BCUT2D eigenvalue weighted by atomic mass is 9.72. The van der Waals surface area contributed by atoms with Crippen molar-refractivity contribution in [3.05, 3.63) is 0 Å². The second-order valence-electron chi connectivity index (χ2n) is 4.76. The van der Waals surface area contributed by atoms with Gasteiger partial charge in [-0.25, -0.2) is 0 Å². The topological polar surface area (TPSA) is 49.7 Å². The first kappa shape index (κ1) is 12.9. The van der Waals surface area contributed by atoms with Gasteiger partial charge in [0, 0.05) is 19.1 Å². The molecule has 1 rings (SSSR count). The van der Waals surface area contributed by atoms with Crippen LogP contribution in [0.3, 0.4) is 0 Å². The molecule has 90 valence electrons. The molecule has 0 amide bonds. The predicted octanol–water partition coefficient (Wildman–Crippen LogP) is 1.57. The summed E-state index contributed by atoms with van der Waals surface area (Å²) in [7, 11) is 1.69.